The van der Waals surface area contributed by atoms with Gasteiger partial charge in [0.15, 0.2) is 0 Å². The molecule has 0 radical (unpaired) electrons. The van der Waals surface area contributed by atoms with Gasteiger partial charge in [-0.3, -0.25) is 4.90 Å². The molecule has 0 bridgehead atoms. The fourth-order valence-corrected chi connectivity index (χ4v) is 5.77. The number of morpholine rings is 1. The van der Waals surface area contributed by atoms with Gasteiger partial charge in [-0.25, -0.2) is 8.42 Å². The lowest BCUT2D eigenvalue weighted by Gasteiger charge is -2.38. The van der Waals surface area contributed by atoms with Crippen molar-refractivity contribution < 1.29 is 13.2 Å². The van der Waals surface area contributed by atoms with Crippen LogP contribution in [0.3, 0.4) is 0 Å². The number of hydrogen-bond acceptors (Lipinski definition) is 4. The second kappa shape index (κ2) is 7.52. The first kappa shape index (κ1) is 17.9. The van der Waals surface area contributed by atoms with Crippen molar-refractivity contribution in [1.29, 1.82) is 0 Å². The van der Waals surface area contributed by atoms with Gasteiger partial charge in [0, 0.05) is 32.2 Å². The molecule has 1 aromatic rings. The molecule has 0 aromatic heterocycles. The Morgan fingerprint density at radius 1 is 1.12 bits per heavy atom. The number of nitrogens with zero attached hydrogens (tertiary/aromatic N) is 2. The van der Waals surface area contributed by atoms with Crippen LogP contribution >= 0.6 is 0 Å². The molecule has 2 aliphatic rings. The molecule has 0 aliphatic carbocycles. The van der Waals surface area contributed by atoms with Crippen LogP contribution < -0.4 is 0 Å². The molecule has 5 nitrogen and oxygen atoms in total. The molecule has 24 heavy (non-hydrogen) atoms. The fourth-order valence-electron chi connectivity index (χ4n) is 3.96. The zero-order valence-electron chi connectivity index (χ0n) is 14.6. The summed E-state index contributed by atoms with van der Waals surface area (Å²) in [5.74, 6) is 0.0975. The largest absolute Gasteiger partial charge is 0.373 e. The van der Waals surface area contributed by atoms with Gasteiger partial charge in [-0.05, 0) is 32.3 Å². The summed E-state index contributed by atoms with van der Waals surface area (Å²) in [4.78, 5) is 2.36. The fraction of sp³-hybridized carbons (Fsp3) is 0.667. The predicted molar refractivity (Wildman–Crippen MR) is 95.2 cm³/mol. The van der Waals surface area contributed by atoms with Crippen LogP contribution in [0.5, 0.6) is 0 Å². The molecule has 1 aromatic carbocycles. The molecule has 2 aliphatic heterocycles. The van der Waals surface area contributed by atoms with Crippen LogP contribution in [0.25, 0.3) is 0 Å². The highest BCUT2D eigenvalue weighted by Gasteiger charge is 2.36. The minimum atomic E-state index is -3.26. The summed E-state index contributed by atoms with van der Waals surface area (Å²) in [6.45, 7) is 7.39. The third-order valence-electron chi connectivity index (χ3n) is 4.84. The summed E-state index contributed by atoms with van der Waals surface area (Å²) < 4.78 is 33.3. The van der Waals surface area contributed by atoms with Gasteiger partial charge in [-0.1, -0.05) is 30.3 Å². The number of hydrogen-bond donors (Lipinski definition) is 0. The molecule has 134 valence electrons. The highest BCUT2D eigenvalue weighted by atomic mass is 32.2. The summed E-state index contributed by atoms with van der Waals surface area (Å²) >= 11 is 0. The Labute approximate surface area is 145 Å². The Hall–Kier alpha value is -0.950. The molecule has 2 saturated heterocycles. The molecule has 0 saturated carbocycles. The molecule has 0 amide bonds. The van der Waals surface area contributed by atoms with Gasteiger partial charge in [0.1, 0.15) is 0 Å². The average Bonchev–Trinajstić information content (AvgIpc) is 2.96. The Bertz CT molecular complexity index is 625. The van der Waals surface area contributed by atoms with Crippen molar-refractivity contribution >= 4 is 10.0 Å². The lowest BCUT2D eigenvalue weighted by atomic mass is 10.1. The Morgan fingerprint density at radius 3 is 2.46 bits per heavy atom. The van der Waals surface area contributed by atoms with Crippen molar-refractivity contribution in [3.05, 3.63) is 35.9 Å². The van der Waals surface area contributed by atoms with E-state index in [0.29, 0.717) is 6.54 Å². The lowest BCUT2D eigenvalue weighted by molar-refractivity contribution is -0.0707. The molecular weight excluding hydrogens is 324 g/mol. The van der Waals surface area contributed by atoms with Crippen LogP contribution in [-0.2, 0) is 20.5 Å². The number of ether oxygens (including phenoxy) is 1. The van der Waals surface area contributed by atoms with Crippen molar-refractivity contribution in [2.75, 3.05) is 26.2 Å². The second-order valence-electron chi connectivity index (χ2n) is 7.12. The Balaban J connectivity index is 1.66. The van der Waals surface area contributed by atoms with E-state index < -0.39 is 10.0 Å². The average molecular weight is 353 g/mol. The molecule has 3 unspecified atom stereocenters. The van der Waals surface area contributed by atoms with E-state index in [2.05, 4.69) is 18.7 Å². The topological polar surface area (TPSA) is 49.9 Å². The van der Waals surface area contributed by atoms with Crippen LogP contribution in [0, 0.1) is 0 Å². The summed E-state index contributed by atoms with van der Waals surface area (Å²) in [7, 11) is -3.26. The van der Waals surface area contributed by atoms with E-state index in [-0.39, 0.29) is 24.0 Å². The zero-order valence-corrected chi connectivity index (χ0v) is 15.4. The first-order valence-corrected chi connectivity index (χ1v) is 10.5. The summed E-state index contributed by atoms with van der Waals surface area (Å²) in [5.41, 5.74) is 0.858. The van der Waals surface area contributed by atoms with Gasteiger partial charge in [-0.15, -0.1) is 0 Å². The molecule has 6 heteroatoms. The second-order valence-corrected chi connectivity index (χ2v) is 9.05. The van der Waals surface area contributed by atoms with Crippen LogP contribution in [0.15, 0.2) is 30.3 Å². The predicted octanol–water partition coefficient (Wildman–Crippen LogP) is 2.09. The zero-order chi connectivity index (χ0) is 17.2. The standard InChI is InChI=1S/C18H28N2O3S/c1-15-11-19(12-16(2)23-15)13-18-9-6-10-20(18)24(21,22)14-17-7-4-3-5-8-17/h3-5,7-8,15-16,18H,6,9-14H2,1-2H3. The number of rotatable bonds is 5. The smallest absolute Gasteiger partial charge is 0.218 e. The van der Waals surface area contributed by atoms with E-state index in [1.54, 1.807) is 4.31 Å². The highest BCUT2D eigenvalue weighted by Crippen LogP contribution is 2.25. The van der Waals surface area contributed by atoms with Gasteiger partial charge >= 0.3 is 0 Å². The quantitative estimate of drug-likeness (QED) is 0.814. The first-order valence-electron chi connectivity index (χ1n) is 8.85. The van der Waals surface area contributed by atoms with Crippen molar-refractivity contribution in [1.82, 2.24) is 9.21 Å². The maximum atomic E-state index is 12.9. The molecule has 2 heterocycles. The van der Waals surface area contributed by atoms with Crippen LogP contribution in [0.4, 0.5) is 0 Å². The van der Waals surface area contributed by atoms with Gasteiger partial charge in [0.05, 0.1) is 18.0 Å². The van der Waals surface area contributed by atoms with E-state index in [9.17, 15) is 8.42 Å². The van der Waals surface area contributed by atoms with Crippen LogP contribution in [0.1, 0.15) is 32.3 Å². The summed E-state index contributed by atoms with van der Waals surface area (Å²) in [5, 5.41) is 0. The molecular formula is C18H28N2O3S. The monoisotopic (exact) mass is 352 g/mol. The maximum absolute atomic E-state index is 12.9. The van der Waals surface area contributed by atoms with Gasteiger partial charge < -0.3 is 4.74 Å². The minimum absolute atomic E-state index is 0.0937. The minimum Gasteiger partial charge on any atom is -0.373 e. The van der Waals surface area contributed by atoms with Crippen LogP contribution in [0.2, 0.25) is 0 Å². The van der Waals surface area contributed by atoms with E-state index in [4.69, 9.17) is 4.74 Å². The highest BCUT2D eigenvalue weighted by molar-refractivity contribution is 7.88. The molecule has 0 spiro atoms. The van der Waals surface area contributed by atoms with E-state index >= 15 is 0 Å². The third kappa shape index (κ3) is 4.36. The third-order valence-corrected chi connectivity index (χ3v) is 6.73. The SMILES string of the molecule is CC1CN(CC2CCCN2S(=O)(=O)Cc2ccccc2)CC(C)O1. The van der Waals surface area contributed by atoms with Crippen molar-refractivity contribution in [2.45, 2.75) is 50.7 Å². The normalized spacial score (nSPS) is 29.8. The maximum Gasteiger partial charge on any atom is 0.218 e. The van der Waals surface area contributed by atoms with Gasteiger partial charge in [-0.2, -0.15) is 4.31 Å². The number of benzene rings is 1. The lowest BCUT2D eigenvalue weighted by Crippen LogP contribution is -2.51. The Morgan fingerprint density at radius 2 is 1.79 bits per heavy atom. The van der Waals surface area contributed by atoms with Gasteiger partial charge in [0.2, 0.25) is 10.0 Å². The van der Waals surface area contributed by atoms with Crippen molar-refractivity contribution in [2.24, 2.45) is 0 Å². The molecule has 3 atom stereocenters. The summed E-state index contributed by atoms with van der Waals surface area (Å²) in [6.07, 6.45) is 2.33. The van der Waals surface area contributed by atoms with Crippen molar-refractivity contribution in [3.8, 4) is 0 Å². The first-order chi connectivity index (χ1) is 11.4. The van der Waals surface area contributed by atoms with Gasteiger partial charge in [0.25, 0.3) is 0 Å². The number of sulfonamides is 1. The Kier molecular flexibility index (Phi) is 5.59. The summed E-state index contributed by atoms with van der Waals surface area (Å²) in [6, 6.07) is 9.56. The van der Waals surface area contributed by atoms with E-state index in [0.717, 1.165) is 38.0 Å². The molecule has 0 N–H and O–H groups in total. The molecule has 2 fully saturated rings. The van der Waals surface area contributed by atoms with Crippen LogP contribution in [-0.4, -0.2) is 62.1 Å². The van der Waals surface area contributed by atoms with Crippen molar-refractivity contribution in [3.63, 3.8) is 0 Å². The van der Waals surface area contributed by atoms with E-state index in [1.165, 1.54) is 0 Å². The molecule has 3 rings (SSSR count). The van der Waals surface area contributed by atoms with E-state index in [1.807, 2.05) is 30.3 Å².